The van der Waals surface area contributed by atoms with Crippen LogP contribution in [0.2, 0.25) is 0 Å². The third-order valence-corrected chi connectivity index (χ3v) is 2.75. The van der Waals surface area contributed by atoms with Crippen LogP contribution in [0.15, 0.2) is 18.3 Å². The maximum absolute atomic E-state index is 5.71. The Hall–Kier alpha value is -1.29. The topological polar surface area (TPSA) is 43.4 Å². The molecular formula is C13H20N2O2. The molecule has 1 atom stereocenters. The van der Waals surface area contributed by atoms with Gasteiger partial charge in [0.1, 0.15) is 18.2 Å². The summed E-state index contributed by atoms with van der Waals surface area (Å²) in [5.41, 5.74) is 0. The fourth-order valence-corrected chi connectivity index (χ4v) is 1.82. The summed E-state index contributed by atoms with van der Waals surface area (Å²) in [6.07, 6.45) is 5.36. The molecule has 1 fully saturated rings. The van der Waals surface area contributed by atoms with Crippen LogP contribution in [0.5, 0.6) is 5.75 Å². The summed E-state index contributed by atoms with van der Waals surface area (Å²) < 4.78 is 11.2. The van der Waals surface area contributed by atoms with Crippen LogP contribution in [0, 0.1) is 0 Å². The Morgan fingerprint density at radius 1 is 1.59 bits per heavy atom. The van der Waals surface area contributed by atoms with Gasteiger partial charge in [0.25, 0.3) is 0 Å². The molecule has 1 aromatic heterocycles. The number of nitrogens with zero attached hydrogens (tertiary/aromatic N) is 1. The third-order valence-electron chi connectivity index (χ3n) is 2.75. The first kappa shape index (κ1) is 12.2. The minimum Gasteiger partial charge on any atom is -0.491 e. The molecule has 0 saturated carbocycles. The molecule has 1 aromatic rings. The van der Waals surface area contributed by atoms with E-state index in [0.29, 0.717) is 6.61 Å². The number of hydrogen-bond donors (Lipinski definition) is 1. The van der Waals surface area contributed by atoms with Crippen molar-refractivity contribution >= 4 is 5.82 Å². The van der Waals surface area contributed by atoms with Crippen molar-refractivity contribution in [3.8, 4) is 5.75 Å². The first-order valence-electron chi connectivity index (χ1n) is 6.33. The Morgan fingerprint density at radius 2 is 2.53 bits per heavy atom. The van der Waals surface area contributed by atoms with E-state index in [1.165, 1.54) is 0 Å². The Kier molecular flexibility index (Phi) is 4.62. The first-order valence-corrected chi connectivity index (χ1v) is 6.33. The Bertz CT molecular complexity index is 338. The van der Waals surface area contributed by atoms with Crippen LogP contribution < -0.4 is 10.1 Å². The Morgan fingerprint density at radius 3 is 3.29 bits per heavy atom. The zero-order valence-corrected chi connectivity index (χ0v) is 10.3. The second kappa shape index (κ2) is 6.45. The number of ether oxygens (including phenoxy) is 2. The number of anilines is 1. The summed E-state index contributed by atoms with van der Waals surface area (Å²) in [5.74, 6) is 1.73. The molecule has 94 valence electrons. The summed E-state index contributed by atoms with van der Waals surface area (Å²) in [4.78, 5) is 4.23. The predicted octanol–water partition coefficient (Wildman–Crippen LogP) is 2.46. The van der Waals surface area contributed by atoms with E-state index in [0.717, 1.165) is 44.0 Å². The lowest BCUT2D eigenvalue weighted by Gasteiger charge is -2.12. The minimum absolute atomic E-state index is 0.259. The molecule has 1 saturated heterocycles. The average Bonchev–Trinajstić information content (AvgIpc) is 2.87. The lowest BCUT2D eigenvalue weighted by Crippen LogP contribution is -2.16. The van der Waals surface area contributed by atoms with Crippen molar-refractivity contribution in [3.63, 3.8) is 0 Å². The molecule has 4 heteroatoms. The standard InChI is InChI=1S/C13H20N2O2/c1-2-6-14-13-9-11(5-7-15-13)17-10-12-4-3-8-16-12/h5,7,9,12H,2-4,6,8,10H2,1H3,(H,14,15). The molecule has 1 aliphatic heterocycles. The molecule has 0 amide bonds. The van der Waals surface area contributed by atoms with E-state index in [4.69, 9.17) is 9.47 Å². The van der Waals surface area contributed by atoms with E-state index in [9.17, 15) is 0 Å². The Balaban J connectivity index is 1.82. The van der Waals surface area contributed by atoms with Crippen molar-refractivity contribution in [1.82, 2.24) is 4.98 Å². The van der Waals surface area contributed by atoms with E-state index in [1.54, 1.807) is 6.20 Å². The van der Waals surface area contributed by atoms with Gasteiger partial charge in [0, 0.05) is 25.4 Å². The van der Waals surface area contributed by atoms with Gasteiger partial charge in [-0.3, -0.25) is 0 Å². The molecule has 0 spiro atoms. The number of hydrogen-bond acceptors (Lipinski definition) is 4. The summed E-state index contributed by atoms with van der Waals surface area (Å²) in [6.45, 7) is 4.57. The van der Waals surface area contributed by atoms with E-state index in [1.807, 2.05) is 12.1 Å². The zero-order valence-electron chi connectivity index (χ0n) is 10.3. The third kappa shape index (κ3) is 3.89. The molecule has 0 bridgehead atoms. The van der Waals surface area contributed by atoms with Crippen molar-refractivity contribution in [2.24, 2.45) is 0 Å². The van der Waals surface area contributed by atoms with Gasteiger partial charge in [-0.05, 0) is 25.3 Å². The lowest BCUT2D eigenvalue weighted by molar-refractivity contribution is 0.0679. The number of nitrogens with one attached hydrogen (secondary N) is 1. The SMILES string of the molecule is CCCNc1cc(OCC2CCCO2)ccn1. The molecule has 2 heterocycles. The molecular weight excluding hydrogens is 216 g/mol. The fraction of sp³-hybridized carbons (Fsp3) is 0.615. The molecule has 1 aliphatic rings. The van der Waals surface area contributed by atoms with Crippen molar-refractivity contribution in [2.45, 2.75) is 32.3 Å². The van der Waals surface area contributed by atoms with E-state index in [2.05, 4.69) is 17.2 Å². The molecule has 1 unspecified atom stereocenters. The van der Waals surface area contributed by atoms with Crippen LogP contribution in [-0.2, 0) is 4.74 Å². The smallest absolute Gasteiger partial charge is 0.129 e. The fourth-order valence-electron chi connectivity index (χ4n) is 1.82. The highest BCUT2D eigenvalue weighted by atomic mass is 16.5. The normalized spacial score (nSPS) is 19.2. The van der Waals surface area contributed by atoms with Crippen molar-refractivity contribution < 1.29 is 9.47 Å². The van der Waals surface area contributed by atoms with E-state index >= 15 is 0 Å². The van der Waals surface area contributed by atoms with Crippen LogP contribution in [0.3, 0.4) is 0 Å². The van der Waals surface area contributed by atoms with Gasteiger partial charge in [0.05, 0.1) is 6.10 Å². The van der Waals surface area contributed by atoms with Gasteiger partial charge in [-0.25, -0.2) is 4.98 Å². The summed E-state index contributed by atoms with van der Waals surface area (Å²) >= 11 is 0. The highest BCUT2D eigenvalue weighted by Gasteiger charge is 2.15. The second-order valence-electron chi connectivity index (χ2n) is 4.25. The largest absolute Gasteiger partial charge is 0.491 e. The van der Waals surface area contributed by atoms with Gasteiger partial charge < -0.3 is 14.8 Å². The van der Waals surface area contributed by atoms with E-state index in [-0.39, 0.29) is 6.10 Å². The molecule has 0 aliphatic carbocycles. The number of rotatable bonds is 6. The maximum atomic E-state index is 5.71. The van der Waals surface area contributed by atoms with Gasteiger partial charge in [-0.15, -0.1) is 0 Å². The zero-order chi connectivity index (χ0) is 11.9. The molecule has 4 nitrogen and oxygen atoms in total. The van der Waals surface area contributed by atoms with Crippen molar-refractivity contribution in [2.75, 3.05) is 25.1 Å². The minimum atomic E-state index is 0.259. The molecule has 1 N–H and O–H groups in total. The average molecular weight is 236 g/mol. The van der Waals surface area contributed by atoms with Gasteiger partial charge in [0.15, 0.2) is 0 Å². The van der Waals surface area contributed by atoms with Crippen LogP contribution in [0.4, 0.5) is 5.82 Å². The quantitative estimate of drug-likeness (QED) is 0.824. The maximum Gasteiger partial charge on any atom is 0.129 e. The van der Waals surface area contributed by atoms with Crippen LogP contribution in [-0.4, -0.2) is 30.8 Å². The Labute approximate surface area is 102 Å². The van der Waals surface area contributed by atoms with Gasteiger partial charge >= 0.3 is 0 Å². The van der Waals surface area contributed by atoms with Gasteiger partial charge in [-0.2, -0.15) is 0 Å². The van der Waals surface area contributed by atoms with Crippen LogP contribution in [0.1, 0.15) is 26.2 Å². The molecule has 0 radical (unpaired) electrons. The summed E-state index contributed by atoms with van der Waals surface area (Å²) in [6, 6.07) is 3.82. The lowest BCUT2D eigenvalue weighted by atomic mass is 10.2. The molecule has 2 rings (SSSR count). The molecule has 17 heavy (non-hydrogen) atoms. The van der Waals surface area contributed by atoms with Crippen molar-refractivity contribution in [1.29, 1.82) is 0 Å². The second-order valence-corrected chi connectivity index (χ2v) is 4.25. The monoisotopic (exact) mass is 236 g/mol. The summed E-state index contributed by atoms with van der Waals surface area (Å²) in [7, 11) is 0. The first-order chi connectivity index (χ1) is 8.38. The number of pyridine rings is 1. The highest BCUT2D eigenvalue weighted by Crippen LogP contribution is 2.17. The van der Waals surface area contributed by atoms with E-state index < -0.39 is 0 Å². The summed E-state index contributed by atoms with van der Waals surface area (Å²) in [5, 5.41) is 3.24. The van der Waals surface area contributed by atoms with Crippen molar-refractivity contribution in [3.05, 3.63) is 18.3 Å². The molecule has 0 aromatic carbocycles. The highest BCUT2D eigenvalue weighted by molar-refractivity contribution is 5.40. The van der Waals surface area contributed by atoms with Crippen LogP contribution in [0.25, 0.3) is 0 Å². The predicted molar refractivity (Wildman–Crippen MR) is 67.5 cm³/mol. The van der Waals surface area contributed by atoms with Crippen LogP contribution >= 0.6 is 0 Å². The number of aromatic nitrogens is 1. The van der Waals surface area contributed by atoms with Gasteiger partial charge in [-0.1, -0.05) is 6.92 Å². The van der Waals surface area contributed by atoms with Gasteiger partial charge in [0.2, 0.25) is 0 Å².